The number of hydrogen-bond acceptors (Lipinski definition) is 4. The Hall–Kier alpha value is -2.67. The van der Waals surface area contributed by atoms with E-state index in [1.807, 2.05) is 46.8 Å². The summed E-state index contributed by atoms with van der Waals surface area (Å²) < 4.78 is 7.44. The van der Waals surface area contributed by atoms with Gasteiger partial charge < -0.3 is 15.0 Å². The molecule has 2 amide bonds. The molecule has 2 unspecified atom stereocenters. The second-order valence-corrected chi connectivity index (χ2v) is 9.23. The quantitative estimate of drug-likeness (QED) is 0.721. The number of fused-ring (bicyclic) bond motifs is 2. The summed E-state index contributed by atoms with van der Waals surface area (Å²) in [6.07, 6.45) is 1.93. The van der Waals surface area contributed by atoms with Gasteiger partial charge in [-0.1, -0.05) is 30.3 Å². The molecule has 7 heteroatoms. The van der Waals surface area contributed by atoms with Crippen LogP contribution < -0.4 is 5.32 Å². The van der Waals surface area contributed by atoms with E-state index in [4.69, 9.17) is 4.74 Å². The third kappa shape index (κ3) is 4.44. The van der Waals surface area contributed by atoms with Crippen molar-refractivity contribution < 1.29 is 14.3 Å². The number of piperidine rings is 1. The summed E-state index contributed by atoms with van der Waals surface area (Å²) in [6.45, 7) is 8.15. The second kappa shape index (κ2) is 9.45. The molecule has 1 saturated heterocycles. The number of methoxy groups -OCH3 is 1. The number of carbonyl (C=O) groups is 2. The van der Waals surface area contributed by atoms with E-state index in [2.05, 4.69) is 24.3 Å². The minimum atomic E-state index is -0.612. The van der Waals surface area contributed by atoms with Crippen molar-refractivity contribution in [3.63, 3.8) is 0 Å². The summed E-state index contributed by atoms with van der Waals surface area (Å²) in [5.41, 5.74) is 4.20. The molecular weight excluding hydrogens is 404 g/mol. The Bertz CT molecular complexity index is 957. The number of aryl methyl sites for hydroxylation is 2. The molecule has 2 bridgehead atoms. The maximum Gasteiger partial charge on any atom is 0.253 e. The molecule has 172 valence electrons. The summed E-state index contributed by atoms with van der Waals surface area (Å²) in [6, 6.07) is 9.68. The van der Waals surface area contributed by atoms with Gasteiger partial charge in [-0.05, 0) is 56.6 Å². The van der Waals surface area contributed by atoms with E-state index in [0.29, 0.717) is 37.9 Å². The van der Waals surface area contributed by atoms with Crippen LogP contribution in [0.25, 0.3) is 0 Å². The van der Waals surface area contributed by atoms with E-state index < -0.39 is 6.10 Å². The van der Waals surface area contributed by atoms with E-state index in [-0.39, 0.29) is 17.9 Å². The molecule has 32 heavy (non-hydrogen) atoms. The molecular formula is C25H34N4O3. The first kappa shape index (κ1) is 22.5. The Morgan fingerprint density at radius 2 is 1.78 bits per heavy atom. The standard InChI is InChI=1S/C25H34N4O3/c1-16-17(2)27-29(18(16)3)13-12-22(30)28-14-20-10-11-21(15-28)23(20)26-25(31)24(32-4)19-8-6-5-7-9-19/h5-9,20-21,23-24H,10-15H2,1-4H3,(H,26,31)/t20-,21+,23?,24?. The van der Waals surface area contributed by atoms with Gasteiger partial charge in [0.15, 0.2) is 6.10 Å². The molecule has 0 spiro atoms. The first-order valence-corrected chi connectivity index (χ1v) is 11.6. The molecule has 1 aliphatic heterocycles. The van der Waals surface area contributed by atoms with Crippen LogP contribution in [0.1, 0.15) is 47.9 Å². The predicted octanol–water partition coefficient (Wildman–Crippen LogP) is 2.94. The lowest BCUT2D eigenvalue weighted by Crippen LogP contribution is -2.54. The van der Waals surface area contributed by atoms with E-state index in [0.717, 1.165) is 29.8 Å². The van der Waals surface area contributed by atoms with Gasteiger partial charge in [-0.2, -0.15) is 5.10 Å². The molecule has 1 aromatic heterocycles. The summed E-state index contributed by atoms with van der Waals surface area (Å²) in [7, 11) is 1.57. The van der Waals surface area contributed by atoms with Gasteiger partial charge in [0.1, 0.15) is 0 Å². The minimum absolute atomic E-state index is 0.0970. The van der Waals surface area contributed by atoms with Crippen molar-refractivity contribution >= 4 is 11.8 Å². The van der Waals surface area contributed by atoms with E-state index >= 15 is 0 Å². The van der Waals surface area contributed by atoms with Gasteiger partial charge >= 0.3 is 0 Å². The number of benzene rings is 1. The molecule has 4 rings (SSSR count). The SMILES string of the molecule is COC(C(=O)NC1[C@@H]2CC[C@H]1CN(C(=O)CCn1nc(C)c(C)c1C)C2)c1ccccc1. The highest BCUT2D eigenvalue weighted by Crippen LogP contribution is 2.37. The zero-order valence-electron chi connectivity index (χ0n) is 19.5. The summed E-state index contributed by atoms with van der Waals surface area (Å²) in [4.78, 5) is 27.9. The number of rotatable bonds is 7. The fourth-order valence-corrected chi connectivity index (χ4v) is 5.29. The van der Waals surface area contributed by atoms with Crippen LogP contribution in [-0.2, 0) is 20.9 Å². The summed E-state index contributed by atoms with van der Waals surface area (Å²) in [5, 5.41) is 7.80. The molecule has 1 N–H and O–H groups in total. The average molecular weight is 439 g/mol. The van der Waals surface area contributed by atoms with Gasteiger partial charge in [0.25, 0.3) is 5.91 Å². The molecule has 0 radical (unpaired) electrons. The van der Waals surface area contributed by atoms with E-state index in [9.17, 15) is 9.59 Å². The van der Waals surface area contributed by atoms with Gasteiger partial charge in [-0.15, -0.1) is 0 Å². The summed E-state index contributed by atoms with van der Waals surface area (Å²) >= 11 is 0. The smallest absolute Gasteiger partial charge is 0.253 e. The van der Waals surface area contributed by atoms with Crippen molar-refractivity contribution in [1.82, 2.24) is 20.0 Å². The number of nitrogens with zero attached hydrogens (tertiary/aromatic N) is 3. The van der Waals surface area contributed by atoms with Crippen LogP contribution >= 0.6 is 0 Å². The van der Waals surface area contributed by atoms with Crippen LogP contribution in [-0.4, -0.2) is 52.7 Å². The number of aromatic nitrogens is 2. The Balaban J connectivity index is 1.34. The Morgan fingerprint density at radius 1 is 1.12 bits per heavy atom. The third-order valence-electron chi connectivity index (χ3n) is 7.35. The fraction of sp³-hybridized carbons (Fsp3) is 0.560. The molecule has 1 saturated carbocycles. The Kier molecular flexibility index (Phi) is 6.65. The second-order valence-electron chi connectivity index (χ2n) is 9.23. The molecule has 1 aromatic carbocycles. The van der Waals surface area contributed by atoms with Crippen LogP contribution in [0.2, 0.25) is 0 Å². The first-order chi connectivity index (χ1) is 15.4. The van der Waals surface area contributed by atoms with Gasteiger partial charge in [-0.3, -0.25) is 14.3 Å². The average Bonchev–Trinajstić information content (AvgIpc) is 3.16. The van der Waals surface area contributed by atoms with Crippen LogP contribution in [0.4, 0.5) is 0 Å². The van der Waals surface area contributed by atoms with Gasteiger partial charge in [-0.25, -0.2) is 0 Å². The Labute approximate surface area is 190 Å². The van der Waals surface area contributed by atoms with E-state index in [1.54, 1.807) is 7.11 Å². The van der Waals surface area contributed by atoms with Crippen LogP contribution in [0.5, 0.6) is 0 Å². The van der Waals surface area contributed by atoms with Crippen LogP contribution in [0.15, 0.2) is 30.3 Å². The third-order valence-corrected chi connectivity index (χ3v) is 7.35. The fourth-order valence-electron chi connectivity index (χ4n) is 5.29. The molecule has 7 nitrogen and oxygen atoms in total. The van der Waals surface area contributed by atoms with Crippen molar-refractivity contribution in [2.45, 2.75) is 58.7 Å². The highest BCUT2D eigenvalue weighted by Gasteiger charge is 2.44. The monoisotopic (exact) mass is 438 g/mol. The zero-order chi connectivity index (χ0) is 22.8. The molecule has 2 fully saturated rings. The molecule has 2 heterocycles. The lowest BCUT2D eigenvalue weighted by molar-refractivity contribution is -0.136. The molecule has 2 aromatic rings. The molecule has 4 atom stereocenters. The number of nitrogens with one attached hydrogen (secondary N) is 1. The van der Waals surface area contributed by atoms with Crippen molar-refractivity contribution in [3.05, 3.63) is 52.8 Å². The van der Waals surface area contributed by atoms with Crippen molar-refractivity contribution in [2.75, 3.05) is 20.2 Å². The summed E-state index contributed by atoms with van der Waals surface area (Å²) in [5.74, 6) is 0.674. The topological polar surface area (TPSA) is 76.5 Å². The Morgan fingerprint density at radius 3 is 2.34 bits per heavy atom. The van der Waals surface area contributed by atoms with Gasteiger partial charge in [0, 0.05) is 44.9 Å². The van der Waals surface area contributed by atoms with E-state index in [1.165, 1.54) is 5.56 Å². The first-order valence-electron chi connectivity index (χ1n) is 11.6. The van der Waals surface area contributed by atoms with Crippen molar-refractivity contribution in [1.29, 1.82) is 0 Å². The van der Waals surface area contributed by atoms with Crippen LogP contribution in [0, 0.1) is 32.6 Å². The van der Waals surface area contributed by atoms with Gasteiger partial charge in [0.05, 0.1) is 5.69 Å². The number of carbonyl (C=O) groups excluding carboxylic acids is 2. The van der Waals surface area contributed by atoms with Crippen LogP contribution in [0.3, 0.4) is 0 Å². The van der Waals surface area contributed by atoms with Crippen molar-refractivity contribution in [2.24, 2.45) is 11.8 Å². The number of likely N-dealkylation sites (tertiary alicyclic amines) is 1. The van der Waals surface area contributed by atoms with Gasteiger partial charge in [0.2, 0.25) is 5.91 Å². The maximum absolute atomic E-state index is 13.0. The lowest BCUT2D eigenvalue weighted by atomic mass is 9.91. The highest BCUT2D eigenvalue weighted by atomic mass is 16.5. The largest absolute Gasteiger partial charge is 0.367 e. The molecule has 1 aliphatic carbocycles. The zero-order valence-corrected chi connectivity index (χ0v) is 19.5. The maximum atomic E-state index is 13.0. The highest BCUT2D eigenvalue weighted by molar-refractivity contribution is 5.82. The lowest BCUT2D eigenvalue weighted by Gasteiger charge is -2.39. The molecule has 2 aliphatic rings. The predicted molar refractivity (Wildman–Crippen MR) is 122 cm³/mol. The number of ether oxygens (including phenoxy) is 1. The van der Waals surface area contributed by atoms with Crippen molar-refractivity contribution in [3.8, 4) is 0 Å². The number of hydrogen-bond donors (Lipinski definition) is 1. The normalized spacial score (nSPS) is 23.2. The number of amides is 2. The minimum Gasteiger partial charge on any atom is -0.367 e.